The van der Waals surface area contributed by atoms with Crippen molar-refractivity contribution in [1.82, 2.24) is 0 Å². The lowest BCUT2D eigenvalue weighted by molar-refractivity contribution is 1.25. The van der Waals surface area contributed by atoms with E-state index in [1.54, 1.807) is 0 Å². The van der Waals surface area contributed by atoms with Crippen LogP contribution in [0.15, 0.2) is 188 Å². The zero-order chi connectivity index (χ0) is 50.4. The quantitative estimate of drug-likeness (QED) is 0.147. The number of hydrogen-bond donors (Lipinski definition) is 0. The number of aryl methyl sites for hydroxylation is 10. The van der Waals surface area contributed by atoms with Crippen LogP contribution in [0.2, 0.25) is 0 Å². The third-order valence-electron chi connectivity index (χ3n) is 16.2. The molecule has 0 atom stereocenters. The molecule has 354 valence electrons. The van der Waals surface area contributed by atoms with Crippen molar-refractivity contribution in [3.8, 4) is 55.6 Å². The van der Waals surface area contributed by atoms with Gasteiger partial charge in [-0.25, -0.2) is 0 Å². The molecule has 0 radical (unpaired) electrons. The second kappa shape index (κ2) is 17.9. The average Bonchev–Trinajstić information content (AvgIpc) is 3.36. The Bertz CT molecular complexity index is 3530. The van der Waals surface area contributed by atoms with E-state index in [2.05, 4.69) is 267 Å². The lowest BCUT2D eigenvalue weighted by Crippen LogP contribution is -2.61. The minimum absolute atomic E-state index is 0.0779. The number of fused-ring (bicyclic) bond motifs is 4. The van der Waals surface area contributed by atoms with Crippen molar-refractivity contribution in [2.75, 3.05) is 9.80 Å². The lowest BCUT2D eigenvalue weighted by Gasteiger charge is -2.45. The van der Waals surface area contributed by atoms with Crippen LogP contribution in [0.1, 0.15) is 55.6 Å². The molecule has 10 aromatic carbocycles. The Morgan fingerprint density at radius 3 is 0.808 bits per heavy atom. The molecule has 3 heteroatoms. The fourth-order valence-electron chi connectivity index (χ4n) is 12.9. The maximum absolute atomic E-state index is 2.58. The van der Waals surface area contributed by atoms with Gasteiger partial charge in [0.1, 0.15) is 0 Å². The third kappa shape index (κ3) is 7.56. The molecule has 0 saturated heterocycles. The van der Waals surface area contributed by atoms with Crippen LogP contribution >= 0.6 is 0 Å². The highest BCUT2D eigenvalue weighted by molar-refractivity contribution is 7.00. The van der Waals surface area contributed by atoms with Crippen LogP contribution in [-0.4, -0.2) is 6.71 Å². The molecule has 0 amide bonds. The Morgan fingerprint density at radius 1 is 0.247 bits per heavy atom. The highest BCUT2D eigenvalue weighted by atomic mass is 15.2. The van der Waals surface area contributed by atoms with Gasteiger partial charge >= 0.3 is 0 Å². The fourth-order valence-corrected chi connectivity index (χ4v) is 12.9. The largest absolute Gasteiger partial charge is 0.311 e. The Morgan fingerprint density at radius 2 is 0.507 bits per heavy atom. The fraction of sp³-hybridized carbons (Fsp3) is 0.143. The summed E-state index contributed by atoms with van der Waals surface area (Å²) in [6, 6.07) is 71.7. The minimum atomic E-state index is -0.0779. The molecule has 0 aliphatic carbocycles. The van der Waals surface area contributed by atoms with Gasteiger partial charge < -0.3 is 9.80 Å². The first-order chi connectivity index (χ1) is 35.4. The highest BCUT2D eigenvalue weighted by Gasteiger charge is 2.44. The van der Waals surface area contributed by atoms with Gasteiger partial charge in [-0.3, -0.25) is 0 Å². The van der Waals surface area contributed by atoms with Crippen LogP contribution in [-0.2, 0) is 0 Å². The van der Waals surface area contributed by atoms with Crippen molar-refractivity contribution < 1.29 is 0 Å². The molecular weight excluding hydrogens is 880 g/mol. The van der Waals surface area contributed by atoms with Gasteiger partial charge in [0.15, 0.2) is 0 Å². The number of hydrogen-bond acceptors (Lipinski definition) is 2. The molecule has 10 aromatic rings. The molecule has 0 aromatic heterocycles. The van der Waals surface area contributed by atoms with Gasteiger partial charge in [0.05, 0.1) is 0 Å². The molecule has 0 N–H and O–H groups in total. The van der Waals surface area contributed by atoms with E-state index in [1.165, 1.54) is 150 Å². The Labute approximate surface area is 433 Å². The first-order valence-corrected chi connectivity index (χ1v) is 26.0. The first-order valence-electron chi connectivity index (χ1n) is 26.0. The topological polar surface area (TPSA) is 6.48 Å². The van der Waals surface area contributed by atoms with Gasteiger partial charge in [-0.15, -0.1) is 0 Å². The van der Waals surface area contributed by atoms with E-state index in [0.29, 0.717) is 0 Å². The smallest absolute Gasteiger partial charge is 0.252 e. The Balaban J connectivity index is 1.19. The molecule has 2 aliphatic heterocycles. The van der Waals surface area contributed by atoms with Crippen LogP contribution in [0.3, 0.4) is 0 Å². The monoisotopic (exact) mass is 940 g/mol. The Kier molecular flexibility index (Phi) is 11.2. The van der Waals surface area contributed by atoms with Gasteiger partial charge in [0.2, 0.25) is 0 Å². The van der Waals surface area contributed by atoms with Crippen molar-refractivity contribution in [1.29, 1.82) is 0 Å². The van der Waals surface area contributed by atoms with Gasteiger partial charge in [-0.1, -0.05) is 140 Å². The molecule has 2 nitrogen and oxygen atoms in total. The predicted octanol–water partition coefficient (Wildman–Crippen LogP) is 17.2. The molecule has 12 rings (SSSR count). The maximum atomic E-state index is 2.58. The van der Waals surface area contributed by atoms with E-state index in [4.69, 9.17) is 0 Å². The maximum Gasteiger partial charge on any atom is 0.252 e. The van der Waals surface area contributed by atoms with Gasteiger partial charge in [-0.05, 0) is 245 Å². The summed E-state index contributed by atoms with van der Waals surface area (Å²) in [6.07, 6.45) is 0. The minimum Gasteiger partial charge on any atom is -0.311 e. The summed E-state index contributed by atoms with van der Waals surface area (Å²) in [5.41, 5.74) is 36.5. The van der Waals surface area contributed by atoms with Gasteiger partial charge in [-0.2, -0.15) is 0 Å². The number of nitrogens with zero attached hydrogens (tertiary/aromatic N) is 2. The van der Waals surface area contributed by atoms with E-state index < -0.39 is 0 Å². The molecule has 0 fully saturated rings. The summed E-state index contributed by atoms with van der Waals surface area (Å²) >= 11 is 0. The van der Waals surface area contributed by atoms with Crippen LogP contribution < -0.4 is 26.2 Å². The van der Waals surface area contributed by atoms with Crippen molar-refractivity contribution in [3.63, 3.8) is 0 Å². The summed E-state index contributed by atoms with van der Waals surface area (Å²) in [5, 5.41) is 0. The third-order valence-corrected chi connectivity index (χ3v) is 16.2. The van der Waals surface area contributed by atoms with Gasteiger partial charge in [0.25, 0.3) is 6.71 Å². The van der Waals surface area contributed by atoms with E-state index in [9.17, 15) is 0 Å². The summed E-state index contributed by atoms with van der Waals surface area (Å²) in [4.78, 5) is 5.15. The second-order valence-corrected chi connectivity index (χ2v) is 21.0. The summed E-state index contributed by atoms with van der Waals surface area (Å²) in [7, 11) is 0. The SMILES string of the molecule is Cc1cccc(C)c1-c1ccc(N2c3ccc(-c4c(C)cccc4C)cc3B3c4cc(-c5c(C)cccc5C)ccc4N(c4ccc(-c5c(C)cccc5C)cc4)c4cc(-c5c(C)cccc5C)cc2c43)cc1. The van der Waals surface area contributed by atoms with Gasteiger partial charge in [0, 0.05) is 34.1 Å². The van der Waals surface area contributed by atoms with Crippen LogP contribution in [0.4, 0.5) is 34.1 Å². The summed E-state index contributed by atoms with van der Waals surface area (Å²) in [5.74, 6) is 0. The van der Waals surface area contributed by atoms with Crippen molar-refractivity contribution in [2.45, 2.75) is 69.2 Å². The summed E-state index contributed by atoms with van der Waals surface area (Å²) in [6.45, 7) is 22.4. The number of benzene rings is 10. The zero-order valence-corrected chi connectivity index (χ0v) is 43.9. The molecule has 0 saturated carbocycles. The number of rotatable bonds is 7. The molecule has 73 heavy (non-hydrogen) atoms. The van der Waals surface area contributed by atoms with E-state index in [-0.39, 0.29) is 6.71 Å². The normalized spacial score (nSPS) is 12.4. The summed E-state index contributed by atoms with van der Waals surface area (Å²) < 4.78 is 0. The molecule has 0 unspecified atom stereocenters. The van der Waals surface area contributed by atoms with Crippen LogP contribution in [0, 0.1) is 69.2 Å². The van der Waals surface area contributed by atoms with E-state index >= 15 is 0 Å². The predicted molar refractivity (Wildman–Crippen MR) is 315 cm³/mol. The molecular formula is C70H61BN2. The first kappa shape index (κ1) is 46.0. The molecule has 0 bridgehead atoms. The number of anilines is 6. The van der Waals surface area contributed by atoms with Crippen molar-refractivity contribution in [3.05, 3.63) is 244 Å². The average molecular weight is 941 g/mol. The lowest BCUT2D eigenvalue weighted by atomic mass is 9.33. The van der Waals surface area contributed by atoms with E-state index in [0.717, 1.165) is 11.4 Å². The highest BCUT2D eigenvalue weighted by Crippen LogP contribution is 2.48. The second-order valence-electron chi connectivity index (χ2n) is 21.0. The van der Waals surface area contributed by atoms with Crippen LogP contribution in [0.25, 0.3) is 55.6 Å². The Hall–Kier alpha value is -8.14. The standard InChI is InChI=1S/C70H61BN2/c1-42-16-11-17-43(2)65(42)52-26-32-57(33-27-52)72-61-36-30-54(67-46(5)20-13-21-47(67)6)38-59(61)71-60-39-55(68-48(7)22-14-23-49(68)8)31-37-62(60)73(58-34-28-53(29-35-58)66-44(3)18-12-19-45(66)4)64-41-56(40-63(72)70(64)71)69-50(9)24-15-25-51(69)10/h11-41H,1-10H3. The van der Waals surface area contributed by atoms with Crippen LogP contribution in [0.5, 0.6) is 0 Å². The van der Waals surface area contributed by atoms with Crippen molar-refractivity contribution in [2.24, 2.45) is 0 Å². The molecule has 2 heterocycles. The molecule has 0 spiro atoms. The van der Waals surface area contributed by atoms with E-state index in [1.807, 2.05) is 0 Å². The molecule has 2 aliphatic rings. The zero-order valence-electron chi connectivity index (χ0n) is 43.9. The van der Waals surface area contributed by atoms with Crippen molar-refractivity contribution >= 4 is 57.2 Å².